The molecule has 1 aliphatic rings. The lowest BCUT2D eigenvalue weighted by atomic mass is 10.1. The van der Waals surface area contributed by atoms with Crippen LogP contribution in [0, 0.1) is 0 Å². The number of rotatable bonds is 5. The Morgan fingerprint density at radius 3 is 2.70 bits per heavy atom. The lowest BCUT2D eigenvalue weighted by Gasteiger charge is -2.15. The van der Waals surface area contributed by atoms with Gasteiger partial charge in [-0.1, -0.05) is 0 Å². The van der Waals surface area contributed by atoms with Crippen molar-refractivity contribution >= 4 is 34.1 Å². The fourth-order valence-electron chi connectivity index (χ4n) is 3.64. The summed E-state index contributed by atoms with van der Waals surface area (Å²) in [4.78, 5) is 20.8. The van der Waals surface area contributed by atoms with Crippen LogP contribution in [0.5, 0.6) is 5.75 Å². The number of nitrogens with one attached hydrogen (secondary N) is 3. The van der Waals surface area contributed by atoms with E-state index in [2.05, 4.69) is 20.6 Å². The van der Waals surface area contributed by atoms with Crippen LogP contribution in [-0.2, 0) is 12.7 Å². The highest BCUT2D eigenvalue weighted by Gasteiger charge is 2.35. The van der Waals surface area contributed by atoms with Gasteiger partial charge in [0, 0.05) is 43.7 Å². The number of hydrogen-bond donors (Lipinski definition) is 3. The first-order valence-corrected chi connectivity index (χ1v) is 9.29. The van der Waals surface area contributed by atoms with Crippen LogP contribution in [0.3, 0.4) is 0 Å². The maximum atomic E-state index is 13.4. The number of benzene rings is 1. The second kappa shape index (κ2) is 7.12. The summed E-state index contributed by atoms with van der Waals surface area (Å²) in [5.41, 5.74) is 1.51. The number of amides is 1. The molecule has 158 valence electrons. The summed E-state index contributed by atoms with van der Waals surface area (Å²) in [7, 11) is 3.22. The lowest BCUT2D eigenvalue weighted by molar-refractivity contribution is -0.136. The van der Waals surface area contributed by atoms with Gasteiger partial charge >= 0.3 is 6.18 Å². The second-order valence-corrected chi connectivity index (χ2v) is 7.00. The van der Waals surface area contributed by atoms with Crippen LogP contribution < -0.4 is 15.4 Å². The SMILES string of the molecule is CCNc1cc(Nc2cc3c(cc2OC)CN(C)C3=O)nc2[nH]cc(C(F)(F)F)c12. The molecule has 3 N–H and O–H groups in total. The van der Waals surface area contributed by atoms with Gasteiger partial charge < -0.3 is 25.3 Å². The predicted molar refractivity (Wildman–Crippen MR) is 107 cm³/mol. The molecule has 0 bridgehead atoms. The third kappa shape index (κ3) is 3.27. The van der Waals surface area contributed by atoms with Gasteiger partial charge in [0.2, 0.25) is 0 Å². The minimum absolute atomic E-state index is 0.0207. The highest BCUT2D eigenvalue weighted by Crippen LogP contribution is 2.40. The monoisotopic (exact) mass is 419 g/mol. The molecule has 0 atom stereocenters. The Morgan fingerprint density at radius 2 is 2.03 bits per heavy atom. The molecule has 3 heterocycles. The van der Waals surface area contributed by atoms with Gasteiger partial charge in [-0.05, 0) is 24.6 Å². The number of halogens is 3. The number of nitrogens with zero attached hydrogens (tertiary/aromatic N) is 2. The zero-order valence-electron chi connectivity index (χ0n) is 16.6. The van der Waals surface area contributed by atoms with E-state index >= 15 is 0 Å². The quantitative estimate of drug-likeness (QED) is 0.573. The molecule has 0 radical (unpaired) electrons. The summed E-state index contributed by atoms with van der Waals surface area (Å²) in [6.07, 6.45) is -3.60. The van der Waals surface area contributed by atoms with Crippen LogP contribution in [0.4, 0.5) is 30.4 Å². The summed E-state index contributed by atoms with van der Waals surface area (Å²) in [6.45, 7) is 2.72. The second-order valence-electron chi connectivity index (χ2n) is 7.00. The van der Waals surface area contributed by atoms with E-state index in [4.69, 9.17) is 4.74 Å². The molecular formula is C20H20F3N5O2. The maximum absolute atomic E-state index is 13.4. The third-order valence-electron chi connectivity index (χ3n) is 4.99. The van der Waals surface area contributed by atoms with E-state index in [0.717, 1.165) is 11.8 Å². The lowest BCUT2D eigenvalue weighted by Crippen LogP contribution is -2.17. The van der Waals surface area contributed by atoms with Gasteiger partial charge in [0.1, 0.15) is 17.2 Å². The van der Waals surface area contributed by atoms with Crippen molar-refractivity contribution in [1.82, 2.24) is 14.9 Å². The zero-order valence-corrected chi connectivity index (χ0v) is 16.6. The summed E-state index contributed by atoms with van der Waals surface area (Å²) in [5, 5.41) is 6.03. The molecular weight excluding hydrogens is 399 g/mol. The molecule has 7 nitrogen and oxygen atoms in total. The number of pyridine rings is 1. The molecule has 4 rings (SSSR count). The number of hydrogen-bond acceptors (Lipinski definition) is 5. The van der Waals surface area contributed by atoms with Gasteiger partial charge in [0.25, 0.3) is 5.91 Å². The molecule has 0 saturated carbocycles. The maximum Gasteiger partial charge on any atom is 0.418 e. The molecule has 0 unspecified atom stereocenters. The van der Waals surface area contributed by atoms with E-state index in [-0.39, 0.29) is 16.9 Å². The largest absolute Gasteiger partial charge is 0.495 e. The summed E-state index contributed by atoms with van der Waals surface area (Å²) >= 11 is 0. The van der Waals surface area contributed by atoms with E-state index in [9.17, 15) is 18.0 Å². The Balaban J connectivity index is 1.79. The van der Waals surface area contributed by atoms with Crippen LogP contribution in [-0.4, -0.2) is 41.5 Å². The molecule has 0 spiro atoms. The van der Waals surface area contributed by atoms with Crippen molar-refractivity contribution in [2.75, 3.05) is 31.3 Å². The van der Waals surface area contributed by atoms with Crippen molar-refractivity contribution in [3.63, 3.8) is 0 Å². The van der Waals surface area contributed by atoms with Gasteiger partial charge in [0.15, 0.2) is 0 Å². The minimum Gasteiger partial charge on any atom is -0.495 e. The molecule has 1 amide bonds. The fourth-order valence-corrected chi connectivity index (χ4v) is 3.64. The first-order chi connectivity index (χ1) is 14.2. The summed E-state index contributed by atoms with van der Waals surface area (Å²) in [6, 6.07) is 4.96. The number of fused-ring (bicyclic) bond motifs is 2. The number of carbonyl (C=O) groups excluding carboxylic acids is 1. The average Bonchev–Trinajstić information content (AvgIpc) is 3.23. The Morgan fingerprint density at radius 1 is 1.27 bits per heavy atom. The molecule has 2 aromatic heterocycles. The number of ether oxygens (including phenoxy) is 1. The standard InChI is InChI=1S/C20H20F3N5O2/c1-4-24-14-7-16(27-18-17(14)12(8-25-18)20(21,22)23)26-13-6-11-10(5-15(13)30-3)9-28(2)19(11)29/h5-8H,4,9H2,1-3H3,(H3,24,25,26,27). The van der Waals surface area contributed by atoms with Crippen molar-refractivity contribution in [2.24, 2.45) is 0 Å². The number of aromatic nitrogens is 2. The van der Waals surface area contributed by atoms with E-state index in [0.29, 0.717) is 41.6 Å². The fraction of sp³-hybridized carbons (Fsp3) is 0.300. The highest BCUT2D eigenvalue weighted by molar-refractivity contribution is 6.00. The van der Waals surface area contributed by atoms with E-state index in [1.54, 1.807) is 31.0 Å². The van der Waals surface area contributed by atoms with E-state index in [1.165, 1.54) is 13.2 Å². The average molecular weight is 419 g/mol. The van der Waals surface area contributed by atoms with Crippen LogP contribution in [0.25, 0.3) is 11.0 Å². The highest BCUT2D eigenvalue weighted by atomic mass is 19.4. The molecule has 1 aromatic carbocycles. The minimum atomic E-state index is -4.51. The van der Waals surface area contributed by atoms with Gasteiger partial charge in [-0.2, -0.15) is 13.2 Å². The number of alkyl halides is 3. The summed E-state index contributed by atoms with van der Waals surface area (Å²) < 4.78 is 45.5. The Labute approximate surface area is 170 Å². The number of anilines is 3. The molecule has 0 saturated heterocycles. The summed E-state index contributed by atoms with van der Waals surface area (Å²) in [5.74, 6) is 0.712. The number of carbonyl (C=O) groups is 1. The van der Waals surface area contributed by atoms with Gasteiger partial charge in [-0.25, -0.2) is 4.98 Å². The van der Waals surface area contributed by atoms with Gasteiger partial charge in [-0.3, -0.25) is 4.79 Å². The van der Waals surface area contributed by atoms with Crippen LogP contribution >= 0.6 is 0 Å². The first kappa shape index (κ1) is 19.9. The Bertz CT molecular complexity index is 1140. The Kier molecular flexibility index (Phi) is 4.71. The molecule has 0 fully saturated rings. The van der Waals surface area contributed by atoms with Gasteiger partial charge in [-0.15, -0.1) is 0 Å². The predicted octanol–water partition coefficient (Wildman–Crippen LogP) is 4.35. The number of aromatic amines is 1. The Hall–Kier alpha value is -3.43. The van der Waals surface area contributed by atoms with Crippen molar-refractivity contribution in [1.29, 1.82) is 0 Å². The molecule has 10 heteroatoms. The zero-order chi connectivity index (χ0) is 21.6. The number of methoxy groups -OCH3 is 1. The molecule has 1 aliphatic heterocycles. The van der Waals surface area contributed by atoms with Crippen molar-refractivity contribution in [3.05, 3.63) is 41.1 Å². The molecule has 30 heavy (non-hydrogen) atoms. The van der Waals surface area contributed by atoms with E-state index < -0.39 is 11.7 Å². The number of H-pyrrole nitrogens is 1. The molecule has 0 aliphatic carbocycles. The van der Waals surface area contributed by atoms with Gasteiger partial charge in [0.05, 0.1) is 23.7 Å². The normalized spacial score (nSPS) is 13.7. The van der Waals surface area contributed by atoms with Crippen LogP contribution in [0.2, 0.25) is 0 Å². The van der Waals surface area contributed by atoms with Crippen molar-refractivity contribution in [2.45, 2.75) is 19.6 Å². The van der Waals surface area contributed by atoms with Crippen molar-refractivity contribution in [3.8, 4) is 5.75 Å². The van der Waals surface area contributed by atoms with E-state index in [1.807, 2.05) is 0 Å². The van der Waals surface area contributed by atoms with Crippen LogP contribution in [0.15, 0.2) is 24.4 Å². The smallest absolute Gasteiger partial charge is 0.418 e. The van der Waals surface area contributed by atoms with Crippen molar-refractivity contribution < 1.29 is 22.7 Å². The van der Waals surface area contributed by atoms with Crippen LogP contribution in [0.1, 0.15) is 28.4 Å². The molecule has 3 aromatic rings. The first-order valence-electron chi connectivity index (χ1n) is 9.29. The third-order valence-corrected chi connectivity index (χ3v) is 4.99. The topological polar surface area (TPSA) is 82.3 Å².